The molecule has 4 N–H and O–H groups in total. The van der Waals surface area contributed by atoms with Crippen LogP contribution in [-0.2, 0) is 4.79 Å². The van der Waals surface area contributed by atoms with E-state index in [0.29, 0.717) is 25.9 Å². The zero-order chi connectivity index (χ0) is 16.7. The first-order valence-corrected chi connectivity index (χ1v) is 8.20. The van der Waals surface area contributed by atoms with Crippen LogP contribution in [0.15, 0.2) is 30.3 Å². The normalized spacial score (nSPS) is 16.7. The van der Waals surface area contributed by atoms with Gasteiger partial charge in [-0.25, -0.2) is 4.79 Å². The molecule has 1 aliphatic rings. The molecular formula is C17H26N4O2. The summed E-state index contributed by atoms with van der Waals surface area (Å²) in [5.41, 5.74) is 6.45. The minimum atomic E-state index is -0.0852. The predicted octanol–water partition coefficient (Wildman–Crippen LogP) is 1.93. The Hall–Kier alpha value is -2.08. The third kappa shape index (κ3) is 5.90. The van der Waals surface area contributed by atoms with Crippen molar-refractivity contribution in [1.29, 1.82) is 0 Å². The van der Waals surface area contributed by atoms with Crippen molar-refractivity contribution in [3.8, 4) is 0 Å². The van der Waals surface area contributed by atoms with E-state index in [1.54, 1.807) is 4.90 Å². The van der Waals surface area contributed by atoms with Crippen LogP contribution in [0, 0.1) is 0 Å². The fourth-order valence-electron chi connectivity index (χ4n) is 2.61. The topological polar surface area (TPSA) is 87.5 Å². The van der Waals surface area contributed by atoms with Gasteiger partial charge < -0.3 is 21.3 Å². The lowest BCUT2D eigenvalue weighted by molar-refractivity contribution is -0.122. The molecule has 1 atom stereocenters. The van der Waals surface area contributed by atoms with Gasteiger partial charge in [-0.05, 0) is 38.3 Å². The van der Waals surface area contributed by atoms with Crippen molar-refractivity contribution in [3.63, 3.8) is 0 Å². The van der Waals surface area contributed by atoms with Crippen LogP contribution in [0.3, 0.4) is 0 Å². The number of hydrogen-bond donors (Lipinski definition) is 3. The number of likely N-dealkylation sites (tertiary alicyclic amines) is 1. The molecule has 1 unspecified atom stereocenters. The molecule has 1 aliphatic heterocycles. The van der Waals surface area contributed by atoms with Gasteiger partial charge in [0.05, 0.1) is 0 Å². The molecule has 0 spiro atoms. The van der Waals surface area contributed by atoms with Gasteiger partial charge in [-0.1, -0.05) is 18.2 Å². The lowest BCUT2D eigenvalue weighted by Crippen LogP contribution is -2.47. The number of para-hydroxylation sites is 1. The lowest BCUT2D eigenvalue weighted by atomic mass is 10.0. The molecule has 126 valence electrons. The Bertz CT molecular complexity index is 511. The molecule has 0 radical (unpaired) electrons. The van der Waals surface area contributed by atoms with Gasteiger partial charge in [0.1, 0.15) is 0 Å². The average molecular weight is 318 g/mol. The zero-order valence-electron chi connectivity index (χ0n) is 13.6. The maximum absolute atomic E-state index is 12.2. The number of hydrogen-bond acceptors (Lipinski definition) is 3. The van der Waals surface area contributed by atoms with Crippen LogP contribution in [0.4, 0.5) is 10.5 Å². The maximum Gasteiger partial charge on any atom is 0.321 e. The number of urea groups is 1. The number of carbonyl (C=O) groups is 2. The van der Waals surface area contributed by atoms with Gasteiger partial charge in [0.2, 0.25) is 5.91 Å². The van der Waals surface area contributed by atoms with E-state index in [4.69, 9.17) is 5.73 Å². The Labute approximate surface area is 137 Å². The quantitative estimate of drug-likeness (QED) is 0.775. The van der Waals surface area contributed by atoms with Gasteiger partial charge >= 0.3 is 6.03 Å². The van der Waals surface area contributed by atoms with Gasteiger partial charge in [0.25, 0.3) is 0 Å². The van der Waals surface area contributed by atoms with Crippen LogP contribution in [0.2, 0.25) is 0 Å². The first-order chi connectivity index (χ1) is 11.0. The number of nitrogens with zero attached hydrogens (tertiary/aromatic N) is 1. The fraction of sp³-hybridized carbons (Fsp3) is 0.529. The highest BCUT2D eigenvalue weighted by atomic mass is 16.2. The van der Waals surface area contributed by atoms with Crippen molar-refractivity contribution >= 4 is 17.6 Å². The van der Waals surface area contributed by atoms with E-state index in [2.05, 4.69) is 10.6 Å². The van der Waals surface area contributed by atoms with Crippen molar-refractivity contribution < 1.29 is 9.59 Å². The van der Waals surface area contributed by atoms with E-state index < -0.39 is 0 Å². The van der Waals surface area contributed by atoms with E-state index in [-0.39, 0.29) is 24.0 Å². The Morgan fingerprint density at radius 3 is 2.52 bits per heavy atom. The molecule has 23 heavy (non-hydrogen) atoms. The lowest BCUT2D eigenvalue weighted by Gasteiger charge is -2.32. The second-order valence-corrected chi connectivity index (χ2v) is 6.14. The molecule has 1 aromatic rings. The minimum Gasteiger partial charge on any atom is -0.353 e. The van der Waals surface area contributed by atoms with Gasteiger partial charge in [-0.3, -0.25) is 4.79 Å². The molecule has 0 aromatic heterocycles. The highest BCUT2D eigenvalue weighted by Crippen LogP contribution is 2.13. The zero-order valence-corrected chi connectivity index (χ0v) is 13.6. The van der Waals surface area contributed by atoms with E-state index in [9.17, 15) is 9.59 Å². The van der Waals surface area contributed by atoms with Crippen LogP contribution < -0.4 is 16.4 Å². The number of anilines is 1. The summed E-state index contributed by atoms with van der Waals surface area (Å²) < 4.78 is 0. The van der Waals surface area contributed by atoms with Gasteiger partial charge in [0, 0.05) is 37.3 Å². The summed E-state index contributed by atoms with van der Waals surface area (Å²) in [6, 6.07) is 9.53. The summed E-state index contributed by atoms with van der Waals surface area (Å²) >= 11 is 0. The monoisotopic (exact) mass is 318 g/mol. The van der Waals surface area contributed by atoms with Gasteiger partial charge in [-0.2, -0.15) is 0 Å². The molecular weight excluding hydrogens is 292 g/mol. The number of nitrogens with one attached hydrogen (secondary N) is 2. The summed E-state index contributed by atoms with van der Waals surface area (Å²) in [6.45, 7) is 3.20. The molecule has 0 saturated carbocycles. The third-order valence-corrected chi connectivity index (χ3v) is 4.00. The summed E-state index contributed by atoms with van der Waals surface area (Å²) in [5.74, 6) is 0.0505. The number of carbonyl (C=O) groups excluding carboxylic acids is 2. The van der Waals surface area contributed by atoms with Gasteiger partial charge in [0.15, 0.2) is 0 Å². The predicted molar refractivity (Wildman–Crippen MR) is 91.1 cm³/mol. The number of piperidine rings is 1. The van der Waals surface area contributed by atoms with E-state index >= 15 is 0 Å². The highest BCUT2D eigenvalue weighted by molar-refractivity contribution is 5.89. The molecule has 3 amide bonds. The van der Waals surface area contributed by atoms with Crippen LogP contribution in [0.1, 0.15) is 32.6 Å². The first-order valence-electron chi connectivity index (χ1n) is 8.20. The standard InChI is InChI=1S/C17H26N4O2/c1-13(18)7-8-16(22)19-15-9-11-21(12-10-15)17(23)20-14-5-3-2-4-6-14/h2-6,13,15H,7-12,18H2,1H3,(H,19,22)(H,20,23). The second-order valence-electron chi connectivity index (χ2n) is 6.14. The smallest absolute Gasteiger partial charge is 0.321 e. The molecule has 1 aromatic carbocycles. The first kappa shape index (κ1) is 17.3. The molecule has 0 aliphatic carbocycles. The summed E-state index contributed by atoms with van der Waals surface area (Å²) in [4.78, 5) is 25.8. The molecule has 1 saturated heterocycles. The number of benzene rings is 1. The Morgan fingerprint density at radius 1 is 1.26 bits per heavy atom. The SMILES string of the molecule is CC(N)CCC(=O)NC1CCN(C(=O)Nc2ccccc2)CC1. The molecule has 0 bridgehead atoms. The van der Waals surface area contributed by atoms with E-state index in [1.807, 2.05) is 37.3 Å². The van der Waals surface area contributed by atoms with Crippen molar-refractivity contribution in [3.05, 3.63) is 30.3 Å². The van der Waals surface area contributed by atoms with Crippen molar-refractivity contribution in [2.24, 2.45) is 5.73 Å². The van der Waals surface area contributed by atoms with Crippen LogP contribution >= 0.6 is 0 Å². The van der Waals surface area contributed by atoms with Crippen LogP contribution in [-0.4, -0.2) is 42.0 Å². The summed E-state index contributed by atoms with van der Waals surface area (Å²) in [7, 11) is 0. The second kappa shape index (κ2) is 8.53. The summed E-state index contributed by atoms with van der Waals surface area (Å²) in [6.07, 6.45) is 2.73. The van der Waals surface area contributed by atoms with Crippen LogP contribution in [0.5, 0.6) is 0 Å². The van der Waals surface area contributed by atoms with Crippen LogP contribution in [0.25, 0.3) is 0 Å². The highest BCUT2D eigenvalue weighted by Gasteiger charge is 2.23. The fourth-order valence-corrected chi connectivity index (χ4v) is 2.61. The average Bonchev–Trinajstić information content (AvgIpc) is 2.54. The molecule has 1 heterocycles. The Morgan fingerprint density at radius 2 is 1.91 bits per heavy atom. The number of rotatable bonds is 5. The van der Waals surface area contributed by atoms with Gasteiger partial charge in [-0.15, -0.1) is 0 Å². The molecule has 6 heteroatoms. The van der Waals surface area contributed by atoms with Crippen molar-refractivity contribution in [2.45, 2.75) is 44.7 Å². The summed E-state index contributed by atoms with van der Waals surface area (Å²) in [5, 5.41) is 5.92. The largest absolute Gasteiger partial charge is 0.353 e. The minimum absolute atomic E-state index is 0.0456. The third-order valence-electron chi connectivity index (χ3n) is 4.00. The molecule has 1 fully saturated rings. The Balaban J connectivity index is 1.71. The molecule has 2 rings (SSSR count). The van der Waals surface area contributed by atoms with Crippen molar-refractivity contribution in [1.82, 2.24) is 10.2 Å². The van der Waals surface area contributed by atoms with Crippen molar-refractivity contribution in [2.75, 3.05) is 18.4 Å². The Kier molecular flexibility index (Phi) is 6.40. The molecule has 6 nitrogen and oxygen atoms in total. The maximum atomic E-state index is 12.2. The number of nitrogens with two attached hydrogens (primary N) is 1. The van der Waals surface area contributed by atoms with E-state index in [0.717, 1.165) is 18.5 Å². The van der Waals surface area contributed by atoms with E-state index in [1.165, 1.54) is 0 Å². The number of amides is 3.